The monoisotopic (exact) mass is 286 g/mol. The average molecular weight is 288 g/mol. The second-order valence-corrected chi connectivity index (χ2v) is 5.14. The molecule has 0 bridgehead atoms. The van der Waals surface area contributed by atoms with Crippen LogP contribution in [-0.2, 0) is 6.54 Å². The van der Waals surface area contributed by atoms with Crippen molar-refractivity contribution in [1.29, 1.82) is 0 Å². The van der Waals surface area contributed by atoms with Crippen molar-refractivity contribution in [2.45, 2.75) is 25.4 Å². The predicted molar refractivity (Wildman–Crippen MR) is 59.8 cm³/mol. The Morgan fingerprint density at radius 3 is 2.93 bits per heavy atom. The van der Waals surface area contributed by atoms with E-state index in [0.29, 0.717) is 27.6 Å². The Morgan fingerprint density at radius 1 is 1.53 bits per heavy atom. The van der Waals surface area contributed by atoms with Gasteiger partial charge in [-0.25, -0.2) is 0 Å². The van der Waals surface area contributed by atoms with Gasteiger partial charge in [0.1, 0.15) is 0 Å². The van der Waals surface area contributed by atoms with E-state index in [1.807, 2.05) is 4.90 Å². The summed E-state index contributed by atoms with van der Waals surface area (Å²) in [6.07, 6.45) is 3.88. The summed E-state index contributed by atoms with van der Waals surface area (Å²) in [5.74, 6) is 0.0336. The third kappa shape index (κ3) is 1.39. The van der Waals surface area contributed by atoms with Crippen LogP contribution in [0, 0.1) is 0 Å². The van der Waals surface area contributed by atoms with Crippen molar-refractivity contribution >= 4 is 33.4 Å². The summed E-state index contributed by atoms with van der Waals surface area (Å²) in [5, 5.41) is 0.494. The topological polar surface area (TPSA) is 33.2 Å². The smallest absolute Gasteiger partial charge is 0.257 e. The number of halogens is 2. The molecule has 1 aromatic rings. The molecule has 1 aromatic heterocycles. The molecule has 2 aliphatic rings. The summed E-state index contributed by atoms with van der Waals surface area (Å²) < 4.78 is 0.689. The maximum Gasteiger partial charge on any atom is 0.257 e. The van der Waals surface area contributed by atoms with E-state index >= 15 is 0 Å². The van der Waals surface area contributed by atoms with Gasteiger partial charge in [-0.05, 0) is 28.8 Å². The Labute approximate surface area is 101 Å². The zero-order chi connectivity index (χ0) is 10.6. The average Bonchev–Trinajstić information content (AvgIpc) is 2.98. The molecule has 1 amide bonds. The van der Waals surface area contributed by atoms with E-state index in [1.165, 1.54) is 0 Å². The minimum absolute atomic E-state index is 0.0336. The van der Waals surface area contributed by atoms with Gasteiger partial charge in [-0.3, -0.25) is 9.78 Å². The molecule has 1 aliphatic carbocycles. The van der Waals surface area contributed by atoms with E-state index in [9.17, 15) is 4.79 Å². The van der Waals surface area contributed by atoms with Gasteiger partial charge in [0, 0.05) is 12.2 Å². The van der Waals surface area contributed by atoms with Crippen LogP contribution in [0.15, 0.2) is 10.7 Å². The first kappa shape index (κ1) is 9.60. The molecule has 0 radical (unpaired) electrons. The van der Waals surface area contributed by atoms with E-state index < -0.39 is 0 Å². The first-order valence-electron chi connectivity index (χ1n) is 4.82. The van der Waals surface area contributed by atoms with E-state index in [-0.39, 0.29) is 5.91 Å². The lowest BCUT2D eigenvalue weighted by molar-refractivity contribution is 0.0766. The van der Waals surface area contributed by atoms with Crippen molar-refractivity contribution in [3.05, 3.63) is 26.9 Å². The molecule has 5 heteroatoms. The highest BCUT2D eigenvalue weighted by molar-refractivity contribution is 9.10. The standard InChI is InChI=1S/C10H8BrClN2O/c11-6-3-13-7-4-14(5-1-2-5)10(15)8(7)9(6)12/h3,5H,1-2,4H2. The molecule has 1 aliphatic heterocycles. The van der Waals surface area contributed by atoms with E-state index in [1.54, 1.807) is 6.20 Å². The normalized spacial score (nSPS) is 19.6. The van der Waals surface area contributed by atoms with Gasteiger partial charge >= 0.3 is 0 Å². The molecule has 1 fully saturated rings. The number of pyridine rings is 1. The number of hydrogen-bond donors (Lipinski definition) is 0. The summed E-state index contributed by atoms with van der Waals surface area (Å²) in [4.78, 5) is 18.1. The van der Waals surface area contributed by atoms with Gasteiger partial charge in [-0.2, -0.15) is 0 Å². The highest BCUT2D eigenvalue weighted by Gasteiger charge is 2.40. The van der Waals surface area contributed by atoms with E-state index in [2.05, 4.69) is 20.9 Å². The van der Waals surface area contributed by atoms with Crippen LogP contribution in [0.3, 0.4) is 0 Å². The molecule has 2 heterocycles. The van der Waals surface area contributed by atoms with Gasteiger partial charge < -0.3 is 4.90 Å². The molecule has 0 spiro atoms. The lowest BCUT2D eigenvalue weighted by Crippen LogP contribution is -2.26. The third-order valence-corrected chi connectivity index (χ3v) is 4.06. The van der Waals surface area contributed by atoms with Gasteiger partial charge in [0.05, 0.1) is 27.3 Å². The number of carbonyl (C=O) groups is 1. The van der Waals surface area contributed by atoms with Crippen LogP contribution in [0.5, 0.6) is 0 Å². The molecule has 3 rings (SSSR count). The zero-order valence-corrected chi connectivity index (χ0v) is 10.2. The van der Waals surface area contributed by atoms with Crippen molar-refractivity contribution < 1.29 is 4.79 Å². The zero-order valence-electron chi connectivity index (χ0n) is 7.83. The van der Waals surface area contributed by atoms with Crippen LogP contribution < -0.4 is 0 Å². The van der Waals surface area contributed by atoms with Gasteiger partial charge in [0.15, 0.2) is 0 Å². The SMILES string of the molecule is O=C1c2c(ncc(Br)c2Cl)CN1C1CC1. The number of amides is 1. The number of hydrogen-bond acceptors (Lipinski definition) is 2. The fourth-order valence-corrected chi connectivity index (χ4v) is 2.44. The van der Waals surface area contributed by atoms with Crippen molar-refractivity contribution in [2.24, 2.45) is 0 Å². The lowest BCUT2D eigenvalue weighted by atomic mass is 10.2. The maximum absolute atomic E-state index is 12.0. The quantitative estimate of drug-likeness (QED) is 0.795. The van der Waals surface area contributed by atoms with Gasteiger partial charge in [-0.1, -0.05) is 11.6 Å². The fraction of sp³-hybridized carbons (Fsp3) is 0.400. The predicted octanol–water partition coefficient (Wildman–Crippen LogP) is 2.62. The second-order valence-electron chi connectivity index (χ2n) is 3.91. The van der Waals surface area contributed by atoms with Crippen molar-refractivity contribution in [1.82, 2.24) is 9.88 Å². The molecule has 3 nitrogen and oxygen atoms in total. The minimum Gasteiger partial charge on any atom is -0.330 e. The first-order valence-corrected chi connectivity index (χ1v) is 5.99. The van der Waals surface area contributed by atoms with Crippen LogP contribution >= 0.6 is 27.5 Å². The minimum atomic E-state index is 0.0336. The fourth-order valence-electron chi connectivity index (χ4n) is 1.90. The second kappa shape index (κ2) is 3.19. The van der Waals surface area contributed by atoms with E-state index in [4.69, 9.17) is 11.6 Å². The van der Waals surface area contributed by atoms with Crippen LogP contribution in [0.4, 0.5) is 0 Å². The highest BCUT2D eigenvalue weighted by atomic mass is 79.9. The Morgan fingerprint density at radius 2 is 2.27 bits per heavy atom. The Balaban J connectivity index is 2.08. The number of nitrogens with zero attached hydrogens (tertiary/aromatic N) is 2. The van der Waals surface area contributed by atoms with Gasteiger partial charge in [-0.15, -0.1) is 0 Å². The lowest BCUT2D eigenvalue weighted by Gasteiger charge is -2.13. The molecule has 0 aromatic carbocycles. The summed E-state index contributed by atoms with van der Waals surface area (Å²) >= 11 is 9.37. The largest absolute Gasteiger partial charge is 0.330 e. The van der Waals surface area contributed by atoms with Crippen molar-refractivity contribution in [3.63, 3.8) is 0 Å². The molecule has 15 heavy (non-hydrogen) atoms. The summed E-state index contributed by atoms with van der Waals surface area (Å²) in [6, 6.07) is 0.418. The molecule has 1 saturated carbocycles. The number of aromatic nitrogens is 1. The van der Waals surface area contributed by atoms with Crippen LogP contribution in [-0.4, -0.2) is 21.8 Å². The molecule has 0 saturated heterocycles. The molecular weight excluding hydrogens is 279 g/mol. The van der Waals surface area contributed by atoms with Crippen molar-refractivity contribution in [3.8, 4) is 0 Å². The molecular formula is C10H8BrClN2O. The maximum atomic E-state index is 12.0. The molecule has 0 N–H and O–H groups in total. The van der Waals surface area contributed by atoms with Gasteiger partial charge in [0.25, 0.3) is 5.91 Å². The van der Waals surface area contributed by atoms with Crippen LogP contribution in [0.1, 0.15) is 28.9 Å². The van der Waals surface area contributed by atoms with Crippen molar-refractivity contribution in [2.75, 3.05) is 0 Å². The summed E-state index contributed by atoms with van der Waals surface area (Å²) in [7, 11) is 0. The number of carbonyl (C=O) groups excluding carboxylic acids is 1. The van der Waals surface area contributed by atoms with Crippen LogP contribution in [0.25, 0.3) is 0 Å². The number of fused-ring (bicyclic) bond motifs is 1. The summed E-state index contributed by atoms with van der Waals surface area (Å²) in [6.45, 7) is 0.617. The van der Waals surface area contributed by atoms with E-state index in [0.717, 1.165) is 18.5 Å². The Hall–Kier alpha value is -0.610. The Kier molecular flexibility index (Phi) is 2.04. The highest BCUT2D eigenvalue weighted by Crippen LogP contribution is 2.38. The Bertz CT molecular complexity index is 459. The third-order valence-electron chi connectivity index (χ3n) is 2.83. The first-order chi connectivity index (χ1) is 7.18. The van der Waals surface area contributed by atoms with Crippen LogP contribution in [0.2, 0.25) is 5.02 Å². The molecule has 0 atom stereocenters. The molecule has 78 valence electrons. The van der Waals surface area contributed by atoms with Gasteiger partial charge in [0.2, 0.25) is 0 Å². The summed E-state index contributed by atoms with van der Waals surface area (Å²) in [5.41, 5.74) is 1.39. The molecule has 0 unspecified atom stereocenters. The number of rotatable bonds is 1.